The fraction of sp³-hybridized carbons (Fsp3) is 0.538. The van der Waals surface area contributed by atoms with Crippen LogP contribution in [0.25, 0.3) is 0 Å². The molecule has 0 radical (unpaired) electrons. The Bertz CT molecular complexity index is 399. The van der Waals surface area contributed by atoms with Crippen molar-refractivity contribution < 1.29 is 14.3 Å². The fourth-order valence-electron chi connectivity index (χ4n) is 1.29. The van der Waals surface area contributed by atoms with Gasteiger partial charge in [-0.25, -0.2) is 4.98 Å². The molecule has 1 rings (SSSR count). The zero-order valence-electron chi connectivity index (χ0n) is 11.1. The maximum atomic E-state index is 11.4. The van der Waals surface area contributed by atoms with Crippen LogP contribution in [0.15, 0.2) is 18.3 Å². The zero-order chi connectivity index (χ0) is 13.6. The van der Waals surface area contributed by atoms with Crippen LogP contribution in [0.4, 0.5) is 5.69 Å². The number of anilines is 1. The van der Waals surface area contributed by atoms with Gasteiger partial charge in [0.15, 0.2) is 0 Å². The minimum absolute atomic E-state index is 0.216. The van der Waals surface area contributed by atoms with Gasteiger partial charge in [-0.2, -0.15) is 0 Å². The fourth-order valence-corrected chi connectivity index (χ4v) is 1.29. The Hall–Kier alpha value is -1.78. The first kappa shape index (κ1) is 14.3. The van der Waals surface area contributed by atoms with E-state index < -0.39 is 5.60 Å². The predicted octanol–water partition coefficient (Wildman–Crippen LogP) is 2.16. The molecule has 100 valence electrons. The van der Waals surface area contributed by atoms with E-state index in [0.29, 0.717) is 31.0 Å². The molecular weight excluding hydrogens is 232 g/mol. The molecule has 0 saturated heterocycles. The summed E-state index contributed by atoms with van der Waals surface area (Å²) in [4.78, 5) is 15.4. The molecule has 1 heterocycles. The standard InChI is InChI=1S/C13H20N2O3/c1-13(2,3)18-12(16)5-4-8-17-11-9-10(14)6-7-15-11/h6-7,9H,4-5,8H2,1-3H3,(H2,14,15). The molecule has 1 aromatic heterocycles. The van der Waals surface area contributed by atoms with Gasteiger partial charge in [0, 0.05) is 24.4 Å². The summed E-state index contributed by atoms with van der Waals surface area (Å²) in [6, 6.07) is 3.33. The molecule has 0 aliphatic carbocycles. The number of rotatable bonds is 5. The highest BCUT2D eigenvalue weighted by Gasteiger charge is 2.15. The first-order valence-corrected chi connectivity index (χ1v) is 5.93. The normalized spacial score (nSPS) is 11.1. The molecule has 0 amide bonds. The second kappa shape index (κ2) is 6.23. The van der Waals surface area contributed by atoms with Crippen LogP contribution in [0.5, 0.6) is 5.88 Å². The summed E-state index contributed by atoms with van der Waals surface area (Å²) in [5.74, 6) is 0.255. The number of hydrogen-bond donors (Lipinski definition) is 1. The lowest BCUT2D eigenvalue weighted by Crippen LogP contribution is -2.24. The number of aromatic nitrogens is 1. The summed E-state index contributed by atoms with van der Waals surface area (Å²) in [6.07, 6.45) is 2.50. The lowest BCUT2D eigenvalue weighted by atomic mass is 10.2. The molecule has 18 heavy (non-hydrogen) atoms. The van der Waals surface area contributed by atoms with Crippen molar-refractivity contribution in [1.82, 2.24) is 4.98 Å². The van der Waals surface area contributed by atoms with Crippen molar-refractivity contribution >= 4 is 11.7 Å². The molecule has 0 unspecified atom stereocenters. The van der Waals surface area contributed by atoms with Gasteiger partial charge in [0.2, 0.25) is 5.88 Å². The summed E-state index contributed by atoms with van der Waals surface area (Å²) in [5.41, 5.74) is 5.75. The van der Waals surface area contributed by atoms with Gasteiger partial charge in [0.25, 0.3) is 0 Å². The molecular formula is C13H20N2O3. The average Bonchev–Trinajstić information content (AvgIpc) is 2.22. The summed E-state index contributed by atoms with van der Waals surface area (Å²) >= 11 is 0. The number of esters is 1. The van der Waals surface area contributed by atoms with Crippen molar-refractivity contribution in [1.29, 1.82) is 0 Å². The van der Waals surface area contributed by atoms with Gasteiger partial charge in [-0.3, -0.25) is 4.79 Å². The van der Waals surface area contributed by atoms with E-state index in [4.69, 9.17) is 15.2 Å². The lowest BCUT2D eigenvalue weighted by molar-refractivity contribution is -0.155. The van der Waals surface area contributed by atoms with E-state index in [1.807, 2.05) is 20.8 Å². The second-order valence-corrected chi connectivity index (χ2v) is 4.97. The van der Waals surface area contributed by atoms with Crippen LogP contribution in [0.1, 0.15) is 33.6 Å². The Kier molecular flexibility index (Phi) is 4.95. The van der Waals surface area contributed by atoms with Crippen molar-refractivity contribution in [2.75, 3.05) is 12.3 Å². The van der Waals surface area contributed by atoms with Crippen molar-refractivity contribution in [2.45, 2.75) is 39.2 Å². The summed E-state index contributed by atoms with van der Waals surface area (Å²) < 4.78 is 10.5. The largest absolute Gasteiger partial charge is 0.478 e. The lowest BCUT2D eigenvalue weighted by Gasteiger charge is -2.19. The molecule has 1 aromatic rings. The second-order valence-electron chi connectivity index (χ2n) is 4.97. The van der Waals surface area contributed by atoms with Crippen LogP contribution in [-0.2, 0) is 9.53 Å². The number of hydrogen-bond acceptors (Lipinski definition) is 5. The van der Waals surface area contributed by atoms with Crippen LogP contribution in [0, 0.1) is 0 Å². The third-order valence-corrected chi connectivity index (χ3v) is 1.95. The third-order valence-electron chi connectivity index (χ3n) is 1.95. The number of carbonyl (C=O) groups is 1. The SMILES string of the molecule is CC(C)(C)OC(=O)CCCOc1cc(N)ccn1. The van der Waals surface area contributed by atoms with E-state index in [-0.39, 0.29) is 5.97 Å². The quantitative estimate of drug-likeness (QED) is 0.642. The van der Waals surface area contributed by atoms with Crippen LogP contribution >= 0.6 is 0 Å². The smallest absolute Gasteiger partial charge is 0.306 e. The highest BCUT2D eigenvalue weighted by molar-refractivity contribution is 5.69. The number of nitrogens with two attached hydrogens (primary N) is 1. The predicted molar refractivity (Wildman–Crippen MR) is 69.2 cm³/mol. The summed E-state index contributed by atoms with van der Waals surface area (Å²) in [5, 5.41) is 0. The Morgan fingerprint density at radius 2 is 2.17 bits per heavy atom. The van der Waals surface area contributed by atoms with Gasteiger partial charge in [-0.05, 0) is 33.3 Å². The molecule has 0 aliphatic rings. The van der Waals surface area contributed by atoms with Crippen molar-refractivity contribution in [3.05, 3.63) is 18.3 Å². The van der Waals surface area contributed by atoms with Crippen molar-refractivity contribution in [3.63, 3.8) is 0 Å². The third kappa shape index (κ3) is 6.08. The van der Waals surface area contributed by atoms with E-state index in [2.05, 4.69) is 4.98 Å². The Balaban J connectivity index is 2.21. The summed E-state index contributed by atoms with van der Waals surface area (Å²) in [6.45, 7) is 5.95. The van der Waals surface area contributed by atoms with Crippen LogP contribution in [-0.4, -0.2) is 23.2 Å². The zero-order valence-corrected chi connectivity index (χ0v) is 11.1. The molecule has 0 spiro atoms. The molecule has 0 aliphatic heterocycles. The topological polar surface area (TPSA) is 74.4 Å². The summed E-state index contributed by atoms with van der Waals surface area (Å²) in [7, 11) is 0. The van der Waals surface area contributed by atoms with Gasteiger partial charge in [-0.15, -0.1) is 0 Å². The highest BCUT2D eigenvalue weighted by atomic mass is 16.6. The molecule has 2 N–H and O–H groups in total. The van der Waals surface area contributed by atoms with Gasteiger partial charge < -0.3 is 15.2 Å². The molecule has 5 heteroatoms. The van der Waals surface area contributed by atoms with E-state index >= 15 is 0 Å². The van der Waals surface area contributed by atoms with Crippen LogP contribution < -0.4 is 10.5 Å². The monoisotopic (exact) mass is 252 g/mol. The van der Waals surface area contributed by atoms with Crippen LogP contribution in [0.2, 0.25) is 0 Å². The number of pyridine rings is 1. The van der Waals surface area contributed by atoms with Gasteiger partial charge in [0.05, 0.1) is 6.61 Å². The molecule has 5 nitrogen and oxygen atoms in total. The first-order valence-electron chi connectivity index (χ1n) is 5.93. The number of nitrogen functional groups attached to an aromatic ring is 1. The van der Waals surface area contributed by atoms with E-state index in [0.717, 1.165) is 0 Å². The Labute approximate surface area is 107 Å². The van der Waals surface area contributed by atoms with Gasteiger partial charge in [-0.1, -0.05) is 0 Å². The van der Waals surface area contributed by atoms with Crippen molar-refractivity contribution in [2.24, 2.45) is 0 Å². The van der Waals surface area contributed by atoms with E-state index in [1.54, 1.807) is 18.3 Å². The Morgan fingerprint density at radius 3 is 2.78 bits per heavy atom. The van der Waals surface area contributed by atoms with E-state index in [9.17, 15) is 4.79 Å². The van der Waals surface area contributed by atoms with Crippen molar-refractivity contribution in [3.8, 4) is 5.88 Å². The number of carbonyl (C=O) groups excluding carboxylic acids is 1. The van der Waals surface area contributed by atoms with E-state index in [1.165, 1.54) is 0 Å². The molecule has 0 saturated carbocycles. The molecule has 0 atom stereocenters. The maximum Gasteiger partial charge on any atom is 0.306 e. The minimum atomic E-state index is -0.437. The Morgan fingerprint density at radius 1 is 1.44 bits per heavy atom. The number of ether oxygens (including phenoxy) is 2. The van der Waals surface area contributed by atoms with Gasteiger partial charge in [0.1, 0.15) is 5.60 Å². The average molecular weight is 252 g/mol. The minimum Gasteiger partial charge on any atom is -0.478 e. The molecule has 0 bridgehead atoms. The number of nitrogens with zero attached hydrogens (tertiary/aromatic N) is 1. The molecule has 0 aromatic carbocycles. The van der Waals surface area contributed by atoms with Gasteiger partial charge >= 0.3 is 5.97 Å². The maximum absolute atomic E-state index is 11.4. The first-order chi connectivity index (χ1) is 8.37. The molecule has 0 fully saturated rings. The highest BCUT2D eigenvalue weighted by Crippen LogP contribution is 2.12. The van der Waals surface area contributed by atoms with Crippen LogP contribution in [0.3, 0.4) is 0 Å².